The highest BCUT2D eigenvalue weighted by Crippen LogP contribution is 2.37. The van der Waals surface area contributed by atoms with Crippen molar-refractivity contribution < 1.29 is 14.6 Å². The maximum Gasteiger partial charge on any atom is 0.306 e. The molecule has 1 aliphatic heterocycles. The number of rotatable bonds is 2. The van der Waals surface area contributed by atoms with E-state index in [1.165, 1.54) is 12.8 Å². The summed E-state index contributed by atoms with van der Waals surface area (Å²) in [6.07, 6.45) is 1.40. The lowest BCUT2D eigenvalue weighted by Gasteiger charge is -2.06. The minimum absolute atomic E-state index is 0.165. The minimum atomic E-state index is -0.165. The molecule has 2 heterocycles. The maximum absolute atomic E-state index is 11.4. The number of hydrogen-bond donors (Lipinski definition) is 1. The van der Waals surface area contributed by atoms with Gasteiger partial charge in [0.25, 0.3) is 0 Å². The number of esters is 1. The predicted octanol–water partition coefficient (Wildman–Crippen LogP) is 2.40. The third-order valence-corrected chi connectivity index (χ3v) is 3.68. The predicted molar refractivity (Wildman–Crippen MR) is 67.6 cm³/mol. The van der Waals surface area contributed by atoms with Crippen LogP contribution in [0.2, 0.25) is 0 Å². The second-order valence-corrected chi connectivity index (χ2v) is 4.73. The Bertz CT molecular complexity index is 615. The fourth-order valence-electron chi connectivity index (χ4n) is 2.79. The Morgan fingerprint density at radius 3 is 3.11 bits per heavy atom. The summed E-state index contributed by atoms with van der Waals surface area (Å²) < 4.78 is 6.96. The summed E-state index contributed by atoms with van der Waals surface area (Å²) in [5.41, 5.74) is 2.29. The van der Waals surface area contributed by atoms with Crippen LogP contribution in [0, 0.1) is 0 Å². The lowest BCUT2D eigenvalue weighted by atomic mass is 10.0. The summed E-state index contributed by atoms with van der Waals surface area (Å²) in [6.45, 7) is 0.922. The number of ether oxygens (including phenoxy) is 1. The molecule has 94 valence electrons. The number of hydrogen-bond acceptors (Lipinski definition) is 3. The fourth-order valence-corrected chi connectivity index (χ4v) is 2.79. The highest BCUT2D eigenvalue weighted by molar-refractivity contribution is 5.83. The monoisotopic (exact) mass is 245 g/mol. The molecule has 0 saturated heterocycles. The van der Waals surface area contributed by atoms with Crippen molar-refractivity contribution in [3.05, 3.63) is 30.0 Å². The van der Waals surface area contributed by atoms with Crippen molar-refractivity contribution in [1.29, 1.82) is 0 Å². The van der Waals surface area contributed by atoms with Gasteiger partial charge in [0.05, 0.1) is 13.5 Å². The third kappa shape index (κ3) is 1.65. The van der Waals surface area contributed by atoms with Crippen LogP contribution in [0.1, 0.15) is 24.5 Å². The normalized spacial score (nSPS) is 17.9. The summed E-state index contributed by atoms with van der Waals surface area (Å²) in [7, 11) is 1.42. The van der Waals surface area contributed by atoms with E-state index in [1.54, 1.807) is 12.1 Å². The zero-order valence-electron chi connectivity index (χ0n) is 10.2. The average Bonchev–Trinajstić information content (AvgIpc) is 2.88. The lowest BCUT2D eigenvalue weighted by Crippen LogP contribution is -2.06. The number of phenolic OH excluding ortho intramolecular Hbond substituents is 1. The Labute approximate surface area is 105 Å². The highest BCUT2D eigenvalue weighted by Gasteiger charge is 2.27. The number of carbonyl (C=O) groups is 1. The van der Waals surface area contributed by atoms with E-state index in [4.69, 9.17) is 4.74 Å². The van der Waals surface area contributed by atoms with Crippen LogP contribution in [-0.2, 0) is 16.1 Å². The highest BCUT2D eigenvalue weighted by atomic mass is 16.5. The molecule has 0 unspecified atom stereocenters. The summed E-state index contributed by atoms with van der Waals surface area (Å²) in [4.78, 5) is 11.4. The van der Waals surface area contributed by atoms with Gasteiger partial charge in [0, 0.05) is 29.1 Å². The number of aromatic hydroxyl groups is 1. The van der Waals surface area contributed by atoms with Crippen molar-refractivity contribution in [1.82, 2.24) is 4.57 Å². The standard InChI is InChI=1S/C14H15NO3/c1-18-14(17)8-9-4-5-15-12-3-2-11(16)6-10(12)7-13(9)15/h2-3,6-7,9,16H,4-5,8H2,1H3/t9-/m1/s1. The number of carbonyl (C=O) groups excluding carboxylic acids is 1. The Hall–Kier alpha value is -1.97. The smallest absolute Gasteiger partial charge is 0.306 e. The van der Waals surface area contributed by atoms with Crippen molar-refractivity contribution in [3.63, 3.8) is 0 Å². The van der Waals surface area contributed by atoms with Crippen LogP contribution in [0.25, 0.3) is 10.9 Å². The van der Waals surface area contributed by atoms with Gasteiger partial charge in [-0.05, 0) is 30.7 Å². The van der Waals surface area contributed by atoms with E-state index in [0.717, 1.165) is 23.9 Å². The van der Waals surface area contributed by atoms with Gasteiger partial charge in [-0.15, -0.1) is 0 Å². The first-order chi connectivity index (χ1) is 8.69. The number of methoxy groups -OCH3 is 1. The molecule has 1 aromatic carbocycles. The zero-order valence-corrected chi connectivity index (χ0v) is 10.2. The van der Waals surface area contributed by atoms with Gasteiger partial charge in [0.15, 0.2) is 0 Å². The van der Waals surface area contributed by atoms with Crippen molar-refractivity contribution in [3.8, 4) is 5.75 Å². The first kappa shape index (κ1) is 11.1. The van der Waals surface area contributed by atoms with E-state index in [1.807, 2.05) is 6.07 Å². The van der Waals surface area contributed by atoms with Crippen molar-refractivity contribution in [2.75, 3.05) is 7.11 Å². The Morgan fingerprint density at radius 1 is 1.50 bits per heavy atom. The van der Waals surface area contributed by atoms with E-state index >= 15 is 0 Å². The number of benzene rings is 1. The van der Waals surface area contributed by atoms with Gasteiger partial charge in [0.1, 0.15) is 5.75 Å². The molecule has 0 amide bonds. The molecule has 18 heavy (non-hydrogen) atoms. The van der Waals surface area contributed by atoms with Gasteiger partial charge in [-0.1, -0.05) is 0 Å². The van der Waals surface area contributed by atoms with Crippen LogP contribution < -0.4 is 0 Å². The Morgan fingerprint density at radius 2 is 2.33 bits per heavy atom. The molecule has 1 aromatic heterocycles. The summed E-state index contributed by atoms with van der Waals surface area (Å²) >= 11 is 0. The minimum Gasteiger partial charge on any atom is -0.508 e. The van der Waals surface area contributed by atoms with Gasteiger partial charge in [0.2, 0.25) is 0 Å². The first-order valence-corrected chi connectivity index (χ1v) is 6.08. The molecule has 0 bridgehead atoms. The molecule has 3 rings (SSSR count). The van der Waals surface area contributed by atoms with Crippen LogP contribution in [0.15, 0.2) is 24.3 Å². The van der Waals surface area contributed by atoms with Gasteiger partial charge in [-0.3, -0.25) is 4.79 Å². The number of aryl methyl sites for hydroxylation is 1. The van der Waals surface area contributed by atoms with E-state index in [2.05, 4.69) is 10.6 Å². The topological polar surface area (TPSA) is 51.5 Å². The number of fused-ring (bicyclic) bond motifs is 3. The zero-order chi connectivity index (χ0) is 12.7. The molecule has 4 nitrogen and oxygen atoms in total. The Kier molecular flexibility index (Phi) is 2.51. The molecule has 4 heteroatoms. The molecule has 1 N–H and O–H groups in total. The maximum atomic E-state index is 11.4. The molecule has 0 radical (unpaired) electrons. The number of phenols is 1. The van der Waals surface area contributed by atoms with E-state index in [9.17, 15) is 9.90 Å². The molecule has 0 saturated carbocycles. The average molecular weight is 245 g/mol. The second kappa shape index (κ2) is 4.05. The number of aromatic nitrogens is 1. The molecular formula is C14H15NO3. The van der Waals surface area contributed by atoms with Crippen LogP contribution in [0.4, 0.5) is 0 Å². The van der Waals surface area contributed by atoms with E-state index in [0.29, 0.717) is 6.42 Å². The van der Waals surface area contributed by atoms with Gasteiger partial charge in [-0.2, -0.15) is 0 Å². The van der Waals surface area contributed by atoms with Crippen molar-refractivity contribution >= 4 is 16.9 Å². The van der Waals surface area contributed by atoms with Gasteiger partial charge >= 0.3 is 5.97 Å². The molecular weight excluding hydrogens is 230 g/mol. The van der Waals surface area contributed by atoms with Crippen LogP contribution in [0.3, 0.4) is 0 Å². The van der Waals surface area contributed by atoms with Gasteiger partial charge in [-0.25, -0.2) is 0 Å². The molecule has 0 fully saturated rings. The second-order valence-electron chi connectivity index (χ2n) is 4.73. The largest absolute Gasteiger partial charge is 0.508 e. The first-order valence-electron chi connectivity index (χ1n) is 6.08. The van der Waals surface area contributed by atoms with Crippen LogP contribution in [-0.4, -0.2) is 22.8 Å². The molecule has 1 atom stereocenters. The summed E-state index contributed by atoms with van der Waals surface area (Å²) in [5.74, 6) is 0.338. The quantitative estimate of drug-likeness (QED) is 0.826. The molecule has 0 spiro atoms. The Balaban J connectivity index is 2.01. The van der Waals surface area contributed by atoms with Gasteiger partial charge < -0.3 is 14.4 Å². The number of nitrogens with zero attached hydrogens (tertiary/aromatic N) is 1. The summed E-state index contributed by atoms with van der Waals surface area (Å²) in [6, 6.07) is 7.45. The van der Waals surface area contributed by atoms with Crippen molar-refractivity contribution in [2.45, 2.75) is 25.3 Å². The van der Waals surface area contributed by atoms with Crippen LogP contribution >= 0.6 is 0 Å². The van der Waals surface area contributed by atoms with E-state index in [-0.39, 0.29) is 17.6 Å². The third-order valence-electron chi connectivity index (χ3n) is 3.68. The molecule has 2 aromatic rings. The van der Waals surface area contributed by atoms with E-state index < -0.39 is 0 Å². The molecule has 0 aliphatic carbocycles. The molecule has 1 aliphatic rings. The summed E-state index contributed by atoms with van der Waals surface area (Å²) in [5, 5.41) is 10.5. The fraction of sp³-hybridized carbons (Fsp3) is 0.357. The SMILES string of the molecule is COC(=O)C[C@H]1CCn2c1cc1cc(O)ccc12. The van der Waals surface area contributed by atoms with Crippen molar-refractivity contribution in [2.24, 2.45) is 0 Å². The van der Waals surface area contributed by atoms with Crippen LogP contribution in [0.5, 0.6) is 5.75 Å². The lowest BCUT2D eigenvalue weighted by molar-refractivity contribution is -0.141.